The maximum atomic E-state index is 11.8. The van der Waals surface area contributed by atoms with Gasteiger partial charge < -0.3 is 14.4 Å². The van der Waals surface area contributed by atoms with Gasteiger partial charge in [0.2, 0.25) is 5.91 Å². The molecule has 0 saturated carbocycles. The van der Waals surface area contributed by atoms with Crippen molar-refractivity contribution in [3.05, 3.63) is 35.4 Å². The monoisotopic (exact) mass is 344 g/mol. The van der Waals surface area contributed by atoms with Gasteiger partial charge in [0, 0.05) is 32.4 Å². The highest BCUT2D eigenvalue weighted by Crippen LogP contribution is 2.28. The summed E-state index contributed by atoms with van der Waals surface area (Å²) in [5, 5.41) is 7.25. The summed E-state index contributed by atoms with van der Waals surface area (Å²) in [6.45, 7) is 1.54. The molecule has 134 valence electrons. The molecule has 0 unspecified atom stereocenters. The number of nitrogens with zero attached hydrogens (tertiary/aromatic N) is 3. The van der Waals surface area contributed by atoms with Crippen LogP contribution in [0.15, 0.2) is 18.2 Å². The largest absolute Gasteiger partial charge is 0.493 e. The number of hydrogen-bond donors (Lipinski definition) is 1. The topological polar surface area (TPSA) is 80.3 Å². The second kappa shape index (κ2) is 8.00. The number of carbonyl (C=O) groups is 1. The highest BCUT2D eigenvalue weighted by Gasteiger charge is 2.18. The lowest BCUT2D eigenvalue weighted by Gasteiger charge is -2.26. The highest BCUT2D eigenvalue weighted by atomic mass is 16.5. The average molecular weight is 344 g/mol. The Kier molecular flexibility index (Phi) is 5.53. The molecule has 0 atom stereocenters. The third-order valence-corrected chi connectivity index (χ3v) is 4.42. The van der Waals surface area contributed by atoms with E-state index in [1.165, 1.54) is 0 Å². The van der Waals surface area contributed by atoms with Crippen LogP contribution in [0.5, 0.6) is 11.5 Å². The summed E-state index contributed by atoms with van der Waals surface area (Å²) < 4.78 is 10.6. The standard InChI is InChI=1S/C18H24N4O3/c1-24-14-7-6-13(11-15(14)25-2)12-17-19-16(20-21-17)8-10-22-9-4-3-5-18(22)23/h6-7,11H,3-5,8-10,12H2,1-2H3,(H,19,20,21). The third kappa shape index (κ3) is 4.29. The van der Waals surface area contributed by atoms with E-state index >= 15 is 0 Å². The number of likely N-dealkylation sites (tertiary alicyclic amines) is 1. The molecule has 0 spiro atoms. The number of hydrogen-bond acceptors (Lipinski definition) is 5. The molecule has 0 aliphatic carbocycles. The fourth-order valence-corrected chi connectivity index (χ4v) is 3.04. The van der Waals surface area contributed by atoms with Crippen LogP contribution in [-0.4, -0.2) is 53.3 Å². The lowest BCUT2D eigenvalue weighted by Crippen LogP contribution is -2.36. The first-order valence-corrected chi connectivity index (χ1v) is 8.58. The van der Waals surface area contributed by atoms with Gasteiger partial charge in [0.1, 0.15) is 5.82 Å². The van der Waals surface area contributed by atoms with Gasteiger partial charge in [0.25, 0.3) is 0 Å². The van der Waals surface area contributed by atoms with Crippen molar-refractivity contribution < 1.29 is 14.3 Å². The second-order valence-electron chi connectivity index (χ2n) is 6.15. The molecule has 1 aliphatic rings. The van der Waals surface area contributed by atoms with Crippen molar-refractivity contribution in [3.63, 3.8) is 0 Å². The molecule has 1 N–H and O–H groups in total. The van der Waals surface area contributed by atoms with Crippen LogP contribution in [0, 0.1) is 0 Å². The Morgan fingerprint density at radius 1 is 1.20 bits per heavy atom. The van der Waals surface area contributed by atoms with E-state index in [-0.39, 0.29) is 5.91 Å². The number of rotatable bonds is 7. The first-order valence-electron chi connectivity index (χ1n) is 8.58. The van der Waals surface area contributed by atoms with E-state index < -0.39 is 0 Å². The van der Waals surface area contributed by atoms with Gasteiger partial charge in [0.15, 0.2) is 17.3 Å². The lowest BCUT2D eigenvalue weighted by atomic mass is 10.1. The summed E-state index contributed by atoms with van der Waals surface area (Å²) in [5.41, 5.74) is 1.06. The number of methoxy groups -OCH3 is 2. The molecular formula is C18H24N4O3. The van der Waals surface area contributed by atoms with Crippen molar-refractivity contribution in [2.75, 3.05) is 27.3 Å². The number of piperidine rings is 1. The van der Waals surface area contributed by atoms with Gasteiger partial charge >= 0.3 is 0 Å². The van der Waals surface area contributed by atoms with Crippen LogP contribution < -0.4 is 9.47 Å². The summed E-state index contributed by atoms with van der Waals surface area (Å²) in [6.07, 6.45) is 4.07. The van der Waals surface area contributed by atoms with E-state index in [2.05, 4.69) is 15.2 Å². The van der Waals surface area contributed by atoms with Crippen LogP contribution in [0.2, 0.25) is 0 Å². The zero-order valence-electron chi connectivity index (χ0n) is 14.7. The molecule has 1 amide bonds. The van der Waals surface area contributed by atoms with E-state index in [4.69, 9.17) is 9.47 Å². The molecular weight excluding hydrogens is 320 g/mol. The zero-order valence-corrected chi connectivity index (χ0v) is 14.7. The van der Waals surface area contributed by atoms with E-state index in [0.29, 0.717) is 37.3 Å². The Hall–Kier alpha value is -2.57. The number of nitrogens with one attached hydrogen (secondary N) is 1. The number of ether oxygens (including phenoxy) is 2. The fourth-order valence-electron chi connectivity index (χ4n) is 3.04. The van der Waals surface area contributed by atoms with Crippen LogP contribution in [-0.2, 0) is 17.6 Å². The maximum absolute atomic E-state index is 11.8. The van der Waals surface area contributed by atoms with Gasteiger partial charge in [-0.1, -0.05) is 6.07 Å². The molecule has 1 aromatic heterocycles. The summed E-state index contributed by atoms with van der Waals surface area (Å²) >= 11 is 0. The quantitative estimate of drug-likeness (QED) is 0.830. The summed E-state index contributed by atoms with van der Waals surface area (Å²) in [6, 6.07) is 5.80. The zero-order chi connectivity index (χ0) is 17.6. The van der Waals surface area contributed by atoms with Gasteiger partial charge in [-0.25, -0.2) is 4.98 Å². The summed E-state index contributed by atoms with van der Waals surface area (Å²) in [5.74, 6) is 3.19. The van der Waals surface area contributed by atoms with E-state index in [9.17, 15) is 4.79 Å². The van der Waals surface area contributed by atoms with Crippen LogP contribution in [0.4, 0.5) is 0 Å². The predicted octanol–water partition coefficient (Wildman–Crippen LogP) is 1.97. The summed E-state index contributed by atoms with van der Waals surface area (Å²) in [4.78, 5) is 18.3. The number of H-pyrrole nitrogens is 1. The maximum Gasteiger partial charge on any atom is 0.222 e. The SMILES string of the molecule is COc1ccc(Cc2nc(CCN3CCCCC3=O)n[nH]2)cc1OC. The van der Waals surface area contributed by atoms with Gasteiger partial charge in [-0.2, -0.15) is 5.10 Å². The number of carbonyl (C=O) groups excluding carboxylic acids is 1. The predicted molar refractivity (Wildman–Crippen MR) is 92.9 cm³/mol. The van der Waals surface area contributed by atoms with E-state index in [1.807, 2.05) is 23.1 Å². The Labute approximate surface area is 147 Å². The van der Waals surface area contributed by atoms with Crippen molar-refractivity contribution >= 4 is 5.91 Å². The van der Waals surface area contributed by atoms with Gasteiger partial charge in [-0.15, -0.1) is 0 Å². The first kappa shape index (κ1) is 17.3. The smallest absolute Gasteiger partial charge is 0.222 e. The van der Waals surface area contributed by atoms with Crippen molar-refractivity contribution in [3.8, 4) is 11.5 Å². The van der Waals surface area contributed by atoms with Gasteiger partial charge in [0.05, 0.1) is 14.2 Å². The molecule has 2 heterocycles. The minimum atomic E-state index is 0.243. The number of aromatic amines is 1. The second-order valence-corrected chi connectivity index (χ2v) is 6.15. The highest BCUT2D eigenvalue weighted by molar-refractivity contribution is 5.76. The molecule has 1 fully saturated rings. The first-order chi connectivity index (χ1) is 12.2. The van der Waals surface area contributed by atoms with E-state index in [1.54, 1.807) is 14.2 Å². The number of benzene rings is 1. The molecule has 1 saturated heterocycles. The average Bonchev–Trinajstić information content (AvgIpc) is 3.08. The number of aromatic nitrogens is 3. The molecule has 25 heavy (non-hydrogen) atoms. The van der Waals surface area contributed by atoms with Crippen LogP contribution >= 0.6 is 0 Å². The lowest BCUT2D eigenvalue weighted by molar-refractivity contribution is -0.133. The van der Waals surface area contributed by atoms with Crippen molar-refractivity contribution in [1.82, 2.24) is 20.1 Å². The van der Waals surface area contributed by atoms with E-state index in [0.717, 1.165) is 36.6 Å². The molecule has 0 bridgehead atoms. The van der Waals surface area contributed by atoms with Crippen LogP contribution in [0.3, 0.4) is 0 Å². The Balaban J connectivity index is 1.59. The summed E-state index contributed by atoms with van der Waals surface area (Å²) in [7, 11) is 3.24. The molecule has 1 aromatic carbocycles. The minimum Gasteiger partial charge on any atom is -0.493 e. The van der Waals surface area contributed by atoms with Crippen LogP contribution in [0.25, 0.3) is 0 Å². The van der Waals surface area contributed by atoms with Gasteiger partial charge in [-0.3, -0.25) is 9.89 Å². The van der Waals surface area contributed by atoms with Gasteiger partial charge in [-0.05, 0) is 30.5 Å². The van der Waals surface area contributed by atoms with Crippen molar-refractivity contribution in [1.29, 1.82) is 0 Å². The number of amides is 1. The normalized spacial score (nSPS) is 14.6. The Morgan fingerprint density at radius 2 is 2.04 bits per heavy atom. The fraction of sp³-hybridized carbons (Fsp3) is 0.500. The Morgan fingerprint density at radius 3 is 2.80 bits per heavy atom. The van der Waals surface area contributed by atoms with Crippen LogP contribution in [0.1, 0.15) is 36.5 Å². The van der Waals surface area contributed by atoms with Crippen molar-refractivity contribution in [2.45, 2.75) is 32.1 Å². The third-order valence-electron chi connectivity index (χ3n) is 4.42. The Bertz CT molecular complexity index is 729. The molecule has 1 aliphatic heterocycles. The molecule has 7 nitrogen and oxygen atoms in total. The minimum absolute atomic E-state index is 0.243. The molecule has 7 heteroatoms. The van der Waals surface area contributed by atoms with Crippen molar-refractivity contribution in [2.24, 2.45) is 0 Å². The molecule has 0 radical (unpaired) electrons. The molecule has 2 aromatic rings. The molecule has 3 rings (SSSR count).